The van der Waals surface area contributed by atoms with Crippen LogP contribution in [-0.4, -0.2) is 38.4 Å². The van der Waals surface area contributed by atoms with Crippen LogP contribution in [0.3, 0.4) is 0 Å². The average Bonchev–Trinajstić information content (AvgIpc) is 2.52. The van der Waals surface area contributed by atoms with E-state index in [1.807, 2.05) is 18.2 Å². The predicted octanol–water partition coefficient (Wildman–Crippen LogP) is 3.74. The number of guanidine groups is 1. The van der Waals surface area contributed by atoms with Crippen molar-refractivity contribution in [3.05, 3.63) is 29.8 Å². The Labute approximate surface area is 169 Å². The van der Waals surface area contributed by atoms with Gasteiger partial charge in [-0.1, -0.05) is 32.0 Å². The number of hydrogen-bond acceptors (Lipinski definition) is 3. The van der Waals surface area contributed by atoms with E-state index in [9.17, 15) is 0 Å². The maximum Gasteiger partial charge on any atom is 0.191 e. The van der Waals surface area contributed by atoms with E-state index in [0.717, 1.165) is 31.3 Å². The summed E-state index contributed by atoms with van der Waals surface area (Å²) >= 11 is 0. The van der Waals surface area contributed by atoms with Crippen LogP contribution in [0.4, 0.5) is 0 Å². The van der Waals surface area contributed by atoms with Crippen molar-refractivity contribution in [3.63, 3.8) is 0 Å². The van der Waals surface area contributed by atoms with Crippen molar-refractivity contribution in [3.8, 4) is 5.75 Å². The standard InChI is InChI=1S/C19H31N3O2.HI/c1-14(2)13-23-11-10-21-18(20-5)22-16-12-19(3,4)24-17-9-7-6-8-15(16)17;/h6-9,14,16H,10-13H2,1-5H3,(H2,20,21,22);1H. The summed E-state index contributed by atoms with van der Waals surface area (Å²) in [5.41, 5.74) is 0.974. The van der Waals surface area contributed by atoms with Crippen LogP contribution in [0.2, 0.25) is 0 Å². The number of benzene rings is 1. The Balaban J connectivity index is 0.00000312. The van der Waals surface area contributed by atoms with Crippen LogP contribution in [0, 0.1) is 5.92 Å². The molecular weight excluding hydrogens is 429 g/mol. The molecule has 0 spiro atoms. The van der Waals surface area contributed by atoms with E-state index in [2.05, 4.69) is 49.4 Å². The molecular formula is C19H32IN3O2. The maximum atomic E-state index is 6.08. The Morgan fingerprint density at radius 1 is 1.36 bits per heavy atom. The lowest BCUT2D eigenvalue weighted by atomic mass is 9.90. The summed E-state index contributed by atoms with van der Waals surface area (Å²) in [6.07, 6.45) is 0.883. The molecule has 1 aliphatic rings. The van der Waals surface area contributed by atoms with Crippen molar-refractivity contribution in [1.29, 1.82) is 0 Å². The van der Waals surface area contributed by atoms with E-state index in [4.69, 9.17) is 9.47 Å². The van der Waals surface area contributed by atoms with Gasteiger partial charge < -0.3 is 20.1 Å². The quantitative estimate of drug-likeness (QED) is 0.293. The van der Waals surface area contributed by atoms with Crippen LogP contribution >= 0.6 is 24.0 Å². The third-order valence-electron chi connectivity index (χ3n) is 3.90. The molecule has 2 rings (SSSR count). The zero-order valence-electron chi connectivity index (χ0n) is 16.0. The summed E-state index contributed by atoms with van der Waals surface area (Å²) in [5.74, 6) is 2.30. The van der Waals surface area contributed by atoms with Gasteiger partial charge in [0.05, 0.1) is 12.6 Å². The van der Waals surface area contributed by atoms with Crippen LogP contribution in [0.1, 0.15) is 45.7 Å². The molecule has 0 bridgehead atoms. The molecule has 1 atom stereocenters. The lowest BCUT2D eigenvalue weighted by molar-refractivity contribution is 0.0693. The molecule has 0 fully saturated rings. The molecule has 1 heterocycles. The van der Waals surface area contributed by atoms with Gasteiger partial charge in [-0.3, -0.25) is 4.99 Å². The number of para-hydroxylation sites is 1. The summed E-state index contributed by atoms with van der Waals surface area (Å²) in [7, 11) is 1.79. The molecule has 25 heavy (non-hydrogen) atoms. The van der Waals surface area contributed by atoms with Gasteiger partial charge in [-0.15, -0.1) is 24.0 Å². The minimum absolute atomic E-state index is 0. The van der Waals surface area contributed by atoms with E-state index >= 15 is 0 Å². The highest BCUT2D eigenvalue weighted by atomic mass is 127. The van der Waals surface area contributed by atoms with E-state index in [-0.39, 0.29) is 35.6 Å². The maximum absolute atomic E-state index is 6.08. The molecule has 0 radical (unpaired) electrons. The van der Waals surface area contributed by atoms with E-state index in [1.165, 1.54) is 5.56 Å². The number of nitrogens with zero attached hydrogens (tertiary/aromatic N) is 1. The topological polar surface area (TPSA) is 54.9 Å². The van der Waals surface area contributed by atoms with Gasteiger partial charge in [-0.25, -0.2) is 0 Å². The van der Waals surface area contributed by atoms with Crippen molar-refractivity contribution in [2.75, 3.05) is 26.8 Å². The lowest BCUT2D eigenvalue weighted by Crippen LogP contribution is -2.46. The molecule has 1 aromatic rings. The van der Waals surface area contributed by atoms with Crippen LogP contribution < -0.4 is 15.4 Å². The second-order valence-electron chi connectivity index (χ2n) is 7.27. The number of hydrogen-bond donors (Lipinski definition) is 2. The molecule has 0 aromatic heterocycles. The minimum Gasteiger partial charge on any atom is -0.487 e. The van der Waals surface area contributed by atoms with Crippen molar-refractivity contribution in [1.82, 2.24) is 10.6 Å². The second-order valence-corrected chi connectivity index (χ2v) is 7.27. The number of fused-ring (bicyclic) bond motifs is 1. The van der Waals surface area contributed by atoms with Gasteiger partial charge in [0.15, 0.2) is 5.96 Å². The number of ether oxygens (including phenoxy) is 2. The van der Waals surface area contributed by atoms with E-state index in [0.29, 0.717) is 12.5 Å². The Hall–Kier alpha value is -1.02. The Kier molecular flexibility index (Phi) is 8.99. The van der Waals surface area contributed by atoms with Crippen molar-refractivity contribution >= 4 is 29.9 Å². The van der Waals surface area contributed by atoms with Gasteiger partial charge in [-0.2, -0.15) is 0 Å². The lowest BCUT2D eigenvalue weighted by Gasteiger charge is -2.38. The molecule has 2 N–H and O–H groups in total. The van der Waals surface area contributed by atoms with Crippen molar-refractivity contribution in [2.24, 2.45) is 10.9 Å². The summed E-state index contributed by atoms with van der Waals surface area (Å²) in [5, 5.41) is 6.84. The number of aliphatic imine (C=N–C) groups is 1. The predicted molar refractivity (Wildman–Crippen MR) is 114 cm³/mol. The highest BCUT2D eigenvalue weighted by Crippen LogP contribution is 2.39. The number of rotatable bonds is 6. The summed E-state index contributed by atoms with van der Waals surface area (Å²) in [6.45, 7) is 10.7. The molecule has 1 aliphatic heterocycles. The van der Waals surface area contributed by atoms with Gasteiger partial charge in [0.2, 0.25) is 0 Å². The zero-order chi connectivity index (χ0) is 17.6. The second kappa shape index (κ2) is 10.2. The van der Waals surface area contributed by atoms with Gasteiger partial charge in [-0.05, 0) is 25.8 Å². The summed E-state index contributed by atoms with van der Waals surface area (Å²) in [4.78, 5) is 4.33. The molecule has 5 nitrogen and oxygen atoms in total. The van der Waals surface area contributed by atoms with Gasteiger partial charge in [0, 0.05) is 32.2 Å². The highest BCUT2D eigenvalue weighted by Gasteiger charge is 2.33. The van der Waals surface area contributed by atoms with E-state index < -0.39 is 0 Å². The van der Waals surface area contributed by atoms with Crippen LogP contribution in [-0.2, 0) is 4.74 Å². The molecule has 1 aromatic carbocycles. The van der Waals surface area contributed by atoms with Gasteiger partial charge in [0.1, 0.15) is 11.4 Å². The first-order chi connectivity index (χ1) is 11.4. The Morgan fingerprint density at radius 2 is 2.08 bits per heavy atom. The monoisotopic (exact) mass is 461 g/mol. The SMILES string of the molecule is CN=C(NCCOCC(C)C)NC1CC(C)(C)Oc2ccccc21.I. The largest absolute Gasteiger partial charge is 0.487 e. The molecule has 0 saturated heterocycles. The molecule has 142 valence electrons. The third kappa shape index (κ3) is 7.01. The zero-order valence-corrected chi connectivity index (χ0v) is 18.3. The molecule has 6 heteroatoms. The normalized spacial score (nSPS) is 18.8. The fourth-order valence-electron chi connectivity index (χ4n) is 2.85. The molecule has 1 unspecified atom stereocenters. The average molecular weight is 461 g/mol. The fourth-order valence-corrected chi connectivity index (χ4v) is 2.85. The summed E-state index contributed by atoms with van der Waals surface area (Å²) in [6, 6.07) is 8.37. The fraction of sp³-hybridized carbons (Fsp3) is 0.632. The van der Waals surface area contributed by atoms with Crippen LogP contribution in [0.5, 0.6) is 5.75 Å². The van der Waals surface area contributed by atoms with E-state index in [1.54, 1.807) is 7.05 Å². The van der Waals surface area contributed by atoms with Crippen molar-refractivity contribution in [2.45, 2.75) is 45.8 Å². The van der Waals surface area contributed by atoms with Crippen LogP contribution in [0.25, 0.3) is 0 Å². The summed E-state index contributed by atoms with van der Waals surface area (Å²) < 4.78 is 11.7. The Bertz CT molecular complexity index is 561. The third-order valence-corrected chi connectivity index (χ3v) is 3.90. The van der Waals surface area contributed by atoms with Crippen LogP contribution in [0.15, 0.2) is 29.3 Å². The number of halogens is 1. The van der Waals surface area contributed by atoms with Gasteiger partial charge >= 0.3 is 0 Å². The first-order valence-electron chi connectivity index (χ1n) is 8.74. The number of nitrogens with one attached hydrogen (secondary N) is 2. The Morgan fingerprint density at radius 3 is 2.76 bits per heavy atom. The smallest absolute Gasteiger partial charge is 0.191 e. The minimum atomic E-state index is -0.203. The first-order valence-corrected chi connectivity index (χ1v) is 8.74. The van der Waals surface area contributed by atoms with Crippen molar-refractivity contribution < 1.29 is 9.47 Å². The molecule has 0 aliphatic carbocycles. The highest BCUT2D eigenvalue weighted by molar-refractivity contribution is 14.0. The van der Waals surface area contributed by atoms with Gasteiger partial charge in [0.25, 0.3) is 0 Å². The first kappa shape index (κ1) is 22.0. The molecule has 0 saturated carbocycles. The molecule has 0 amide bonds.